The minimum atomic E-state index is -0.562. The second-order valence-corrected chi connectivity index (χ2v) is 6.31. The first kappa shape index (κ1) is 16.7. The molecule has 3 nitrogen and oxygen atoms in total. The van der Waals surface area contributed by atoms with Crippen molar-refractivity contribution in [3.05, 3.63) is 71.5 Å². The van der Waals surface area contributed by atoms with E-state index in [2.05, 4.69) is 5.32 Å². The normalized spacial score (nSPS) is 17.9. The maximum absolute atomic E-state index is 13.1. The standard InChI is InChI=1S/C20H22FNO2/c1-15(16-7-9-18(21)10-8-16)22-19(23)20(11-13-24-14-12-20)17-5-3-2-4-6-17/h2-10,15H,11-14H2,1H3,(H,22,23)/t15-/m0/s1. The average molecular weight is 327 g/mol. The Hall–Kier alpha value is -2.20. The molecule has 4 heteroatoms. The van der Waals surface area contributed by atoms with Gasteiger partial charge in [-0.05, 0) is 43.0 Å². The largest absolute Gasteiger partial charge is 0.381 e. The van der Waals surface area contributed by atoms with Crippen molar-refractivity contribution >= 4 is 5.91 Å². The Morgan fingerprint density at radius 2 is 1.71 bits per heavy atom. The molecule has 0 spiro atoms. The average Bonchev–Trinajstić information content (AvgIpc) is 2.63. The van der Waals surface area contributed by atoms with Gasteiger partial charge < -0.3 is 10.1 Å². The van der Waals surface area contributed by atoms with Crippen LogP contribution in [0.25, 0.3) is 0 Å². The third-order valence-corrected chi connectivity index (χ3v) is 4.82. The highest BCUT2D eigenvalue weighted by Crippen LogP contribution is 2.35. The Kier molecular flexibility index (Phi) is 4.95. The highest BCUT2D eigenvalue weighted by molar-refractivity contribution is 5.88. The van der Waals surface area contributed by atoms with Gasteiger partial charge in [0.25, 0.3) is 0 Å². The van der Waals surface area contributed by atoms with Crippen molar-refractivity contribution in [2.75, 3.05) is 13.2 Å². The van der Waals surface area contributed by atoms with Gasteiger partial charge in [0, 0.05) is 13.2 Å². The van der Waals surface area contributed by atoms with Crippen LogP contribution in [0.3, 0.4) is 0 Å². The number of hydrogen-bond donors (Lipinski definition) is 1. The summed E-state index contributed by atoms with van der Waals surface area (Å²) in [6.07, 6.45) is 1.33. The Bertz CT molecular complexity index is 679. The van der Waals surface area contributed by atoms with Crippen molar-refractivity contribution in [2.24, 2.45) is 0 Å². The molecule has 1 aliphatic heterocycles. The van der Waals surface area contributed by atoms with Crippen LogP contribution in [0.5, 0.6) is 0 Å². The van der Waals surface area contributed by atoms with E-state index in [9.17, 15) is 9.18 Å². The Morgan fingerprint density at radius 3 is 2.33 bits per heavy atom. The second-order valence-electron chi connectivity index (χ2n) is 6.31. The molecule has 2 aromatic carbocycles. The highest BCUT2D eigenvalue weighted by Gasteiger charge is 2.42. The third kappa shape index (κ3) is 3.34. The van der Waals surface area contributed by atoms with Crippen molar-refractivity contribution < 1.29 is 13.9 Å². The number of halogens is 1. The number of carbonyl (C=O) groups is 1. The van der Waals surface area contributed by atoms with Gasteiger partial charge in [0.1, 0.15) is 5.82 Å². The molecule has 24 heavy (non-hydrogen) atoms. The third-order valence-electron chi connectivity index (χ3n) is 4.82. The van der Waals surface area contributed by atoms with E-state index in [1.807, 2.05) is 37.3 Å². The fourth-order valence-corrected chi connectivity index (χ4v) is 3.29. The number of benzene rings is 2. The topological polar surface area (TPSA) is 38.3 Å². The molecule has 3 rings (SSSR count). The first-order chi connectivity index (χ1) is 11.6. The van der Waals surface area contributed by atoms with Crippen LogP contribution in [0.1, 0.15) is 36.9 Å². The molecule has 0 unspecified atom stereocenters. The van der Waals surface area contributed by atoms with Gasteiger partial charge in [-0.25, -0.2) is 4.39 Å². The highest BCUT2D eigenvalue weighted by atomic mass is 19.1. The molecular weight excluding hydrogens is 305 g/mol. The maximum Gasteiger partial charge on any atom is 0.231 e. The van der Waals surface area contributed by atoms with E-state index < -0.39 is 5.41 Å². The number of carbonyl (C=O) groups excluding carboxylic acids is 1. The first-order valence-electron chi connectivity index (χ1n) is 8.31. The molecule has 2 aromatic rings. The number of nitrogens with one attached hydrogen (secondary N) is 1. The summed E-state index contributed by atoms with van der Waals surface area (Å²) >= 11 is 0. The van der Waals surface area contributed by atoms with E-state index in [0.717, 1.165) is 11.1 Å². The van der Waals surface area contributed by atoms with Crippen molar-refractivity contribution in [2.45, 2.75) is 31.2 Å². The van der Waals surface area contributed by atoms with Gasteiger partial charge in [-0.1, -0.05) is 42.5 Å². The Balaban J connectivity index is 1.83. The summed E-state index contributed by atoms with van der Waals surface area (Å²) < 4.78 is 18.6. The van der Waals surface area contributed by atoms with E-state index in [1.54, 1.807) is 12.1 Å². The predicted octanol–water partition coefficient (Wildman–Crippen LogP) is 3.75. The van der Waals surface area contributed by atoms with Gasteiger partial charge in [-0.3, -0.25) is 4.79 Å². The lowest BCUT2D eigenvalue weighted by atomic mass is 9.73. The van der Waals surface area contributed by atoms with Gasteiger partial charge in [-0.15, -0.1) is 0 Å². The van der Waals surface area contributed by atoms with Crippen LogP contribution in [0.2, 0.25) is 0 Å². The second kappa shape index (κ2) is 7.14. The smallest absolute Gasteiger partial charge is 0.231 e. The molecule has 1 fully saturated rings. The van der Waals surface area contributed by atoms with Gasteiger partial charge in [-0.2, -0.15) is 0 Å². The maximum atomic E-state index is 13.1. The number of ether oxygens (including phenoxy) is 1. The van der Waals surface area contributed by atoms with Crippen molar-refractivity contribution in [1.82, 2.24) is 5.32 Å². The zero-order valence-corrected chi connectivity index (χ0v) is 13.8. The molecule has 1 N–H and O–H groups in total. The summed E-state index contributed by atoms with van der Waals surface area (Å²) in [6, 6.07) is 16.0. The van der Waals surface area contributed by atoms with E-state index in [0.29, 0.717) is 26.1 Å². The van der Waals surface area contributed by atoms with Crippen LogP contribution < -0.4 is 5.32 Å². The van der Waals surface area contributed by atoms with Crippen LogP contribution >= 0.6 is 0 Å². The van der Waals surface area contributed by atoms with Crippen molar-refractivity contribution in [1.29, 1.82) is 0 Å². The summed E-state index contributed by atoms with van der Waals surface area (Å²) in [5.41, 5.74) is 1.35. The molecular formula is C20H22FNO2. The number of hydrogen-bond acceptors (Lipinski definition) is 2. The van der Waals surface area contributed by atoms with E-state index >= 15 is 0 Å². The van der Waals surface area contributed by atoms with Gasteiger partial charge in [0.05, 0.1) is 11.5 Å². The van der Waals surface area contributed by atoms with Crippen LogP contribution in [-0.4, -0.2) is 19.1 Å². The molecule has 1 amide bonds. The summed E-state index contributed by atoms with van der Waals surface area (Å²) in [6.45, 7) is 3.07. The predicted molar refractivity (Wildman–Crippen MR) is 91.1 cm³/mol. The zero-order valence-electron chi connectivity index (χ0n) is 13.8. The molecule has 0 aromatic heterocycles. The van der Waals surface area contributed by atoms with Crippen LogP contribution in [0.4, 0.5) is 4.39 Å². The van der Waals surface area contributed by atoms with Crippen molar-refractivity contribution in [3.63, 3.8) is 0 Å². The van der Waals surface area contributed by atoms with E-state index in [4.69, 9.17) is 4.74 Å². The molecule has 0 saturated carbocycles. The summed E-state index contributed by atoms with van der Waals surface area (Å²) in [7, 11) is 0. The zero-order chi connectivity index (χ0) is 17.0. The summed E-state index contributed by atoms with van der Waals surface area (Å²) in [5, 5.41) is 3.11. The lowest BCUT2D eigenvalue weighted by Crippen LogP contribution is -2.48. The van der Waals surface area contributed by atoms with Crippen LogP contribution in [0, 0.1) is 5.82 Å². The van der Waals surface area contributed by atoms with Gasteiger partial charge in [0.15, 0.2) is 0 Å². The number of amides is 1. The fraction of sp³-hybridized carbons (Fsp3) is 0.350. The van der Waals surface area contributed by atoms with Crippen LogP contribution in [0.15, 0.2) is 54.6 Å². The van der Waals surface area contributed by atoms with E-state index in [1.165, 1.54) is 12.1 Å². The fourth-order valence-electron chi connectivity index (χ4n) is 3.29. The number of rotatable bonds is 4. The monoisotopic (exact) mass is 327 g/mol. The molecule has 1 atom stereocenters. The van der Waals surface area contributed by atoms with Crippen molar-refractivity contribution in [3.8, 4) is 0 Å². The van der Waals surface area contributed by atoms with Crippen LogP contribution in [-0.2, 0) is 14.9 Å². The minimum absolute atomic E-state index is 0.00817. The first-order valence-corrected chi connectivity index (χ1v) is 8.31. The molecule has 1 saturated heterocycles. The Labute approximate surface area is 141 Å². The van der Waals surface area contributed by atoms with Gasteiger partial charge >= 0.3 is 0 Å². The molecule has 1 aliphatic rings. The molecule has 0 radical (unpaired) electrons. The lowest BCUT2D eigenvalue weighted by molar-refractivity contribution is -0.131. The minimum Gasteiger partial charge on any atom is -0.381 e. The Morgan fingerprint density at radius 1 is 1.08 bits per heavy atom. The SMILES string of the molecule is C[C@H](NC(=O)C1(c2ccccc2)CCOCC1)c1ccc(F)cc1. The molecule has 0 aliphatic carbocycles. The molecule has 126 valence electrons. The summed E-state index contributed by atoms with van der Waals surface area (Å²) in [5.74, 6) is -0.267. The quantitative estimate of drug-likeness (QED) is 0.929. The van der Waals surface area contributed by atoms with Gasteiger partial charge in [0.2, 0.25) is 5.91 Å². The summed E-state index contributed by atoms with van der Waals surface area (Å²) in [4.78, 5) is 13.1. The lowest BCUT2D eigenvalue weighted by Gasteiger charge is -2.37. The molecule has 0 bridgehead atoms. The van der Waals surface area contributed by atoms with E-state index in [-0.39, 0.29) is 17.8 Å². The molecule has 1 heterocycles.